The van der Waals surface area contributed by atoms with E-state index in [0.717, 1.165) is 24.7 Å². The van der Waals surface area contributed by atoms with Crippen LogP contribution in [0.5, 0.6) is 0 Å². The first-order valence-electron chi connectivity index (χ1n) is 7.53. The fourth-order valence-corrected chi connectivity index (χ4v) is 2.93. The fourth-order valence-electron chi connectivity index (χ4n) is 2.93. The van der Waals surface area contributed by atoms with E-state index in [2.05, 4.69) is 20.8 Å². The highest BCUT2D eigenvalue weighted by atomic mass is 19.2. The summed E-state index contributed by atoms with van der Waals surface area (Å²) in [5.74, 6) is -2.09. The second kappa shape index (κ2) is 6.45. The molecule has 1 aliphatic rings. The van der Waals surface area contributed by atoms with E-state index in [0.29, 0.717) is 17.8 Å². The molecule has 5 nitrogen and oxygen atoms in total. The molecule has 0 aliphatic carbocycles. The first-order chi connectivity index (χ1) is 11.0. The summed E-state index contributed by atoms with van der Waals surface area (Å²) in [6.45, 7) is 3.15. The number of carbonyl (C=O) groups excluding carboxylic acids is 1. The number of aromatic amines is 1. The lowest BCUT2D eigenvalue weighted by atomic mass is 9.86. The topological polar surface area (TPSA) is 69.8 Å². The third-order valence-electron chi connectivity index (χ3n) is 4.11. The van der Waals surface area contributed by atoms with E-state index >= 15 is 0 Å². The number of amides is 1. The van der Waals surface area contributed by atoms with Crippen molar-refractivity contribution in [2.75, 3.05) is 13.1 Å². The molecule has 0 spiro atoms. The lowest BCUT2D eigenvalue weighted by Gasteiger charge is -2.33. The van der Waals surface area contributed by atoms with Crippen LogP contribution in [0.15, 0.2) is 24.3 Å². The molecule has 1 aromatic carbocycles. The second-order valence-electron chi connectivity index (χ2n) is 5.79. The summed E-state index contributed by atoms with van der Waals surface area (Å²) in [6.07, 6.45) is 0.732. The number of aromatic nitrogens is 2. The molecule has 3 rings (SSSR count). The second-order valence-corrected chi connectivity index (χ2v) is 5.79. The number of aryl methyl sites for hydroxylation is 1. The molecule has 1 aromatic heterocycles. The predicted molar refractivity (Wildman–Crippen MR) is 81.2 cm³/mol. The quantitative estimate of drug-likeness (QED) is 0.809. The van der Waals surface area contributed by atoms with Gasteiger partial charge in [-0.15, -0.1) is 0 Å². The van der Waals surface area contributed by atoms with Crippen molar-refractivity contribution in [2.45, 2.75) is 25.3 Å². The molecule has 1 fully saturated rings. The Kier molecular flexibility index (Phi) is 4.38. The molecular formula is C16H18F2N4O. The number of H-pyrrole nitrogens is 1. The Morgan fingerprint density at radius 3 is 2.83 bits per heavy atom. The van der Waals surface area contributed by atoms with Crippen molar-refractivity contribution >= 4 is 5.91 Å². The zero-order valence-electron chi connectivity index (χ0n) is 12.7. The highest BCUT2D eigenvalue weighted by molar-refractivity contribution is 5.92. The van der Waals surface area contributed by atoms with Gasteiger partial charge in [0, 0.05) is 24.2 Å². The van der Waals surface area contributed by atoms with E-state index in [1.165, 1.54) is 6.07 Å². The molecule has 23 heavy (non-hydrogen) atoms. The van der Waals surface area contributed by atoms with Gasteiger partial charge in [-0.2, -0.15) is 5.10 Å². The molecule has 1 aliphatic heterocycles. The average Bonchev–Trinajstić information content (AvgIpc) is 2.97. The molecule has 2 aromatic rings. The number of rotatable bonds is 3. The smallest absolute Gasteiger partial charge is 0.272 e. The van der Waals surface area contributed by atoms with E-state index in [-0.39, 0.29) is 17.9 Å². The van der Waals surface area contributed by atoms with Gasteiger partial charge in [0.25, 0.3) is 5.91 Å². The zero-order chi connectivity index (χ0) is 16.4. The Hall–Kier alpha value is -2.28. The summed E-state index contributed by atoms with van der Waals surface area (Å²) < 4.78 is 26.6. The largest absolute Gasteiger partial charge is 0.346 e. The van der Waals surface area contributed by atoms with Crippen molar-refractivity contribution in [3.8, 4) is 0 Å². The summed E-state index contributed by atoms with van der Waals surface area (Å²) in [5.41, 5.74) is 1.81. The van der Waals surface area contributed by atoms with E-state index in [9.17, 15) is 13.6 Å². The molecule has 7 heteroatoms. The van der Waals surface area contributed by atoms with Crippen LogP contribution in [0.25, 0.3) is 0 Å². The molecule has 1 saturated heterocycles. The summed E-state index contributed by atoms with van der Waals surface area (Å²) >= 11 is 0. The normalized spacial score (nSPS) is 21.2. The maximum absolute atomic E-state index is 13.5. The average molecular weight is 320 g/mol. The molecule has 1 amide bonds. The molecule has 0 saturated carbocycles. The van der Waals surface area contributed by atoms with Crippen LogP contribution in [0.2, 0.25) is 0 Å². The van der Waals surface area contributed by atoms with E-state index in [1.54, 1.807) is 12.1 Å². The van der Waals surface area contributed by atoms with Gasteiger partial charge in [0.05, 0.1) is 0 Å². The molecule has 3 N–H and O–H groups in total. The summed E-state index contributed by atoms with van der Waals surface area (Å²) in [4.78, 5) is 12.3. The van der Waals surface area contributed by atoms with Crippen molar-refractivity contribution in [3.63, 3.8) is 0 Å². The molecule has 2 atom stereocenters. The van der Waals surface area contributed by atoms with Crippen LogP contribution in [0.1, 0.15) is 34.1 Å². The van der Waals surface area contributed by atoms with E-state index < -0.39 is 11.6 Å². The monoisotopic (exact) mass is 320 g/mol. The Morgan fingerprint density at radius 1 is 1.30 bits per heavy atom. The van der Waals surface area contributed by atoms with Crippen LogP contribution >= 0.6 is 0 Å². The van der Waals surface area contributed by atoms with Crippen molar-refractivity contribution in [1.29, 1.82) is 0 Å². The number of hydrogen-bond donors (Lipinski definition) is 3. The summed E-state index contributed by atoms with van der Waals surface area (Å²) in [5, 5.41) is 12.8. The fraction of sp³-hybridized carbons (Fsp3) is 0.375. The van der Waals surface area contributed by atoms with Crippen LogP contribution in [0.4, 0.5) is 8.78 Å². The van der Waals surface area contributed by atoms with Crippen LogP contribution in [-0.4, -0.2) is 35.2 Å². The number of hydrogen-bond acceptors (Lipinski definition) is 3. The first-order valence-corrected chi connectivity index (χ1v) is 7.53. The standard InChI is InChI=1S/C16H18F2N4O/c1-9-6-14(22-21-9)16(23)20-15-8-19-5-4-11(15)10-2-3-12(17)13(18)7-10/h2-3,6-7,11,15,19H,4-5,8H2,1H3,(H,20,23)(H,21,22). The Labute approximate surface area is 132 Å². The minimum atomic E-state index is -0.867. The zero-order valence-corrected chi connectivity index (χ0v) is 12.7. The van der Waals surface area contributed by atoms with Crippen LogP contribution in [-0.2, 0) is 0 Å². The van der Waals surface area contributed by atoms with Gasteiger partial charge in [0.2, 0.25) is 0 Å². The van der Waals surface area contributed by atoms with Crippen molar-refractivity contribution in [1.82, 2.24) is 20.8 Å². The van der Waals surface area contributed by atoms with Crippen LogP contribution < -0.4 is 10.6 Å². The SMILES string of the molecule is Cc1cc(C(=O)NC2CNCCC2c2ccc(F)c(F)c2)n[nH]1. The van der Waals surface area contributed by atoms with Crippen LogP contribution in [0.3, 0.4) is 0 Å². The third kappa shape index (κ3) is 3.39. The predicted octanol–water partition coefficient (Wildman–Crippen LogP) is 1.87. The Morgan fingerprint density at radius 2 is 2.13 bits per heavy atom. The van der Waals surface area contributed by atoms with Gasteiger partial charge < -0.3 is 10.6 Å². The molecule has 2 heterocycles. The summed E-state index contributed by atoms with van der Waals surface area (Å²) in [6, 6.07) is 5.37. The Balaban J connectivity index is 1.78. The number of piperidine rings is 1. The maximum atomic E-state index is 13.5. The van der Waals surface area contributed by atoms with Gasteiger partial charge in [-0.25, -0.2) is 8.78 Å². The Bertz CT molecular complexity index is 716. The summed E-state index contributed by atoms with van der Waals surface area (Å²) in [7, 11) is 0. The maximum Gasteiger partial charge on any atom is 0.272 e. The molecule has 0 bridgehead atoms. The van der Waals surface area contributed by atoms with Crippen molar-refractivity contribution in [3.05, 3.63) is 52.9 Å². The lowest BCUT2D eigenvalue weighted by Crippen LogP contribution is -2.50. The molecule has 0 radical (unpaired) electrons. The van der Waals surface area contributed by atoms with Gasteiger partial charge in [0.15, 0.2) is 11.6 Å². The number of nitrogens with one attached hydrogen (secondary N) is 3. The van der Waals surface area contributed by atoms with Gasteiger partial charge >= 0.3 is 0 Å². The minimum Gasteiger partial charge on any atom is -0.346 e. The first kappa shape index (κ1) is 15.6. The lowest BCUT2D eigenvalue weighted by molar-refractivity contribution is 0.0919. The highest BCUT2D eigenvalue weighted by Crippen LogP contribution is 2.27. The number of benzene rings is 1. The number of nitrogens with zero attached hydrogens (tertiary/aromatic N) is 1. The van der Waals surface area contributed by atoms with E-state index in [1.807, 2.05) is 6.92 Å². The van der Waals surface area contributed by atoms with Crippen molar-refractivity contribution < 1.29 is 13.6 Å². The highest BCUT2D eigenvalue weighted by Gasteiger charge is 2.29. The van der Waals surface area contributed by atoms with Gasteiger partial charge in [-0.1, -0.05) is 6.07 Å². The third-order valence-corrected chi connectivity index (χ3v) is 4.11. The molecule has 2 unspecified atom stereocenters. The van der Waals surface area contributed by atoms with Gasteiger partial charge in [0.1, 0.15) is 5.69 Å². The van der Waals surface area contributed by atoms with Crippen molar-refractivity contribution in [2.24, 2.45) is 0 Å². The van der Waals surface area contributed by atoms with Gasteiger partial charge in [-0.05, 0) is 43.7 Å². The van der Waals surface area contributed by atoms with Gasteiger partial charge in [-0.3, -0.25) is 9.89 Å². The number of carbonyl (C=O) groups is 1. The van der Waals surface area contributed by atoms with Crippen LogP contribution in [0, 0.1) is 18.6 Å². The molecular weight excluding hydrogens is 302 g/mol. The minimum absolute atomic E-state index is 0.0738. The number of halogens is 2. The van der Waals surface area contributed by atoms with E-state index in [4.69, 9.17) is 0 Å². The molecule has 122 valence electrons.